The minimum absolute atomic E-state index is 0.0385. The molecule has 2 rings (SSSR count). The second kappa shape index (κ2) is 5.68. The topological polar surface area (TPSA) is 24.1 Å². The predicted octanol–water partition coefficient (Wildman–Crippen LogP) is 3.11. The average molecular weight is 244 g/mol. The molecule has 2 N–H and O–H groups in total. The van der Waals surface area contributed by atoms with Gasteiger partial charge in [-0.1, -0.05) is 50.8 Å². The lowest BCUT2D eigenvalue weighted by Gasteiger charge is -2.36. The summed E-state index contributed by atoms with van der Waals surface area (Å²) in [6.45, 7) is 10.1. The van der Waals surface area contributed by atoms with E-state index in [-0.39, 0.29) is 5.66 Å². The van der Waals surface area contributed by atoms with Gasteiger partial charge in [0.05, 0.1) is 5.66 Å². The highest BCUT2D eigenvalue weighted by Gasteiger charge is 2.45. The molecular formula is C16H24N2. The van der Waals surface area contributed by atoms with Crippen molar-refractivity contribution in [3.63, 3.8) is 0 Å². The first-order valence-corrected chi connectivity index (χ1v) is 6.99. The van der Waals surface area contributed by atoms with Crippen LogP contribution < -0.4 is 10.6 Å². The van der Waals surface area contributed by atoms with Crippen molar-refractivity contribution in [1.29, 1.82) is 0 Å². The van der Waals surface area contributed by atoms with Crippen LogP contribution in [0, 0.1) is 5.92 Å². The molecule has 0 saturated heterocycles. The van der Waals surface area contributed by atoms with Crippen LogP contribution in [-0.2, 0) is 5.66 Å². The van der Waals surface area contributed by atoms with E-state index in [9.17, 15) is 0 Å². The van der Waals surface area contributed by atoms with Gasteiger partial charge in [0.25, 0.3) is 0 Å². The molecule has 1 aromatic rings. The highest BCUT2D eigenvalue weighted by Crippen LogP contribution is 2.44. The van der Waals surface area contributed by atoms with E-state index in [0.717, 1.165) is 13.1 Å². The predicted molar refractivity (Wildman–Crippen MR) is 78.3 cm³/mol. The lowest BCUT2D eigenvalue weighted by Crippen LogP contribution is -2.55. The first-order valence-electron chi connectivity index (χ1n) is 6.99. The third-order valence-electron chi connectivity index (χ3n) is 3.70. The van der Waals surface area contributed by atoms with E-state index < -0.39 is 0 Å². The van der Waals surface area contributed by atoms with Gasteiger partial charge in [0.1, 0.15) is 0 Å². The Hall–Kier alpha value is -1.12. The summed E-state index contributed by atoms with van der Waals surface area (Å²) < 4.78 is 0. The number of nitrogens with one attached hydrogen (secondary N) is 2. The van der Waals surface area contributed by atoms with Gasteiger partial charge in [-0.3, -0.25) is 10.6 Å². The van der Waals surface area contributed by atoms with E-state index in [0.29, 0.717) is 5.92 Å². The molecule has 0 amide bonds. The SMILES string of the molecule is C=Cc1ccc(C(NCC)(NCC)C2CC2)cc1. The van der Waals surface area contributed by atoms with Gasteiger partial charge in [-0.15, -0.1) is 0 Å². The maximum absolute atomic E-state index is 3.81. The van der Waals surface area contributed by atoms with Crippen LogP contribution in [0.3, 0.4) is 0 Å². The van der Waals surface area contributed by atoms with Gasteiger partial charge in [-0.2, -0.15) is 0 Å². The first kappa shape index (κ1) is 13.3. The fourth-order valence-electron chi connectivity index (χ4n) is 2.75. The van der Waals surface area contributed by atoms with Crippen molar-refractivity contribution in [1.82, 2.24) is 10.6 Å². The lowest BCUT2D eigenvalue weighted by molar-refractivity contribution is 0.230. The Balaban J connectivity index is 2.33. The van der Waals surface area contributed by atoms with Crippen LogP contribution in [0.1, 0.15) is 37.8 Å². The number of rotatable bonds is 7. The number of hydrogen-bond acceptors (Lipinski definition) is 2. The Morgan fingerprint density at radius 3 is 2.11 bits per heavy atom. The molecule has 2 heteroatoms. The van der Waals surface area contributed by atoms with Crippen molar-refractivity contribution in [2.75, 3.05) is 13.1 Å². The molecule has 0 unspecified atom stereocenters. The van der Waals surface area contributed by atoms with Gasteiger partial charge < -0.3 is 0 Å². The zero-order valence-electron chi connectivity index (χ0n) is 11.5. The Kier molecular flexibility index (Phi) is 4.20. The fraction of sp³-hybridized carbons (Fsp3) is 0.500. The van der Waals surface area contributed by atoms with E-state index in [4.69, 9.17) is 0 Å². The lowest BCUT2D eigenvalue weighted by atomic mass is 9.92. The Bertz CT molecular complexity index is 384. The van der Waals surface area contributed by atoms with Crippen molar-refractivity contribution < 1.29 is 0 Å². The second-order valence-corrected chi connectivity index (χ2v) is 4.97. The maximum atomic E-state index is 3.81. The van der Waals surface area contributed by atoms with Crippen molar-refractivity contribution in [2.24, 2.45) is 5.92 Å². The quantitative estimate of drug-likeness (QED) is 0.720. The largest absolute Gasteiger partial charge is 0.296 e. The Labute approximate surface area is 110 Å². The number of hydrogen-bond donors (Lipinski definition) is 2. The fourth-order valence-corrected chi connectivity index (χ4v) is 2.75. The molecule has 1 fully saturated rings. The molecular weight excluding hydrogens is 220 g/mol. The van der Waals surface area contributed by atoms with E-state index >= 15 is 0 Å². The van der Waals surface area contributed by atoms with Crippen LogP contribution in [-0.4, -0.2) is 13.1 Å². The smallest absolute Gasteiger partial charge is 0.0978 e. The molecule has 0 aliphatic heterocycles. The summed E-state index contributed by atoms with van der Waals surface area (Å²) in [6.07, 6.45) is 4.51. The molecule has 0 aromatic heterocycles. The minimum Gasteiger partial charge on any atom is -0.296 e. The third-order valence-corrected chi connectivity index (χ3v) is 3.70. The van der Waals surface area contributed by atoms with E-state index in [2.05, 4.69) is 55.3 Å². The zero-order valence-corrected chi connectivity index (χ0v) is 11.5. The molecule has 0 heterocycles. The van der Waals surface area contributed by atoms with Crippen LogP contribution in [0.15, 0.2) is 30.8 Å². The molecule has 18 heavy (non-hydrogen) atoms. The normalized spacial score (nSPS) is 15.7. The minimum atomic E-state index is -0.0385. The summed E-state index contributed by atoms with van der Waals surface area (Å²) in [5.74, 6) is 0.715. The maximum Gasteiger partial charge on any atom is 0.0978 e. The van der Waals surface area contributed by atoms with Crippen molar-refractivity contribution in [3.8, 4) is 0 Å². The first-order chi connectivity index (χ1) is 8.76. The van der Waals surface area contributed by atoms with Gasteiger partial charge in [0.15, 0.2) is 0 Å². The molecule has 0 spiro atoms. The standard InChI is InChI=1S/C16H24N2/c1-4-13-7-9-14(10-8-13)16(17-5-2,18-6-3)15-11-12-15/h4,7-10,15,17-18H,1,5-6,11-12H2,2-3H3. The van der Waals surface area contributed by atoms with E-state index in [1.807, 2.05) is 6.08 Å². The summed E-state index contributed by atoms with van der Waals surface area (Å²) in [6, 6.07) is 8.74. The summed E-state index contributed by atoms with van der Waals surface area (Å²) in [4.78, 5) is 0. The van der Waals surface area contributed by atoms with E-state index in [1.165, 1.54) is 24.0 Å². The molecule has 1 aromatic carbocycles. The van der Waals surface area contributed by atoms with Gasteiger partial charge in [0, 0.05) is 0 Å². The van der Waals surface area contributed by atoms with Crippen molar-refractivity contribution in [3.05, 3.63) is 42.0 Å². The molecule has 1 saturated carbocycles. The van der Waals surface area contributed by atoms with Gasteiger partial charge in [0.2, 0.25) is 0 Å². The summed E-state index contributed by atoms with van der Waals surface area (Å²) in [7, 11) is 0. The molecule has 0 radical (unpaired) electrons. The summed E-state index contributed by atoms with van der Waals surface area (Å²) >= 11 is 0. The number of benzene rings is 1. The van der Waals surface area contributed by atoms with Crippen LogP contribution in [0.4, 0.5) is 0 Å². The molecule has 1 aliphatic rings. The zero-order chi connectivity index (χ0) is 13.0. The van der Waals surface area contributed by atoms with Crippen molar-refractivity contribution in [2.45, 2.75) is 32.4 Å². The van der Waals surface area contributed by atoms with Crippen LogP contribution in [0.5, 0.6) is 0 Å². The Morgan fingerprint density at radius 1 is 1.17 bits per heavy atom. The highest BCUT2D eigenvalue weighted by molar-refractivity contribution is 5.48. The second-order valence-electron chi connectivity index (χ2n) is 4.97. The third kappa shape index (κ3) is 2.50. The van der Waals surface area contributed by atoms with Crippen LogP contribution in [0.25, 0.3) is 6.08 Å². The summed E-state index contributed by atoms with van der Waals surface area (Å²) in [5.41, 5.74) is 2.49. The molecule has 98 valence electrons. The monoisotopic (exact) mass is 244 g/mol. The average Bonchev–Trinajstić information content (AvgIpc) is 3.23. The van der Waals surface area contributed by atoms with Gasteiger partial charge in [-0.25, -0.2) is 0 Å². The van der Waals surface area contributed by atoms with Crippen LogP contribution >= 0.6 is 0 Å². The summed E-state index contributed by atoms with van der Waals surface area (Å²) in [5, 5.41) is 7.35. The molecule has 2 nitrogen and oxygen atoms in total. The molecule has 0 atom stereocenters. The molecule has 0 bridgehead atoms. The Morgan fingerprint density at radius 2 is 1.72 bits per heavy atom. The van der Waals surface area contributed by atoms with Gasteiger partial charge >= 0.3 is 0 Å². The van der Waals surface area contributed by atoms with Crippen molar-refractivity contribution >= 4 is 6.08 Å². The van der Waals surface area contributed by atoms with E-state index in [1.54, 1.807) is 0 Å². The highest BCUT2D eigenvalue weighted by atomic mass is 15.2. The van der Waals surface area contributed by atoms with Crippen LogP contribution in [0.2, 0.25) is 0 Å². The van der Waals surface area contributed by atoms with Gasteiger partial charge in [-0.05, 0) is 43.0 Å². The molecule has 1 aliphatic carbocycles.